The zero-order valence-electron chi connectivity index (χ0n) is 17.5. The number of pyridine rings is 1. The fourth-order valence-electron chi connectivity index (χ4n) is 3.87. The highest BCUT2D eigenvalue weighted by atomic mass is 19.1. The zero-order valence-corrected chi connectivity index (χ0v) is 17.5. The fourth-order valence-corrected chi connectivity index (χ4v) is 3.87. The van der Waals surface area contributed by atoms with E-state index < -0.39 is 0 Å². The summed E-state index contributed by atoms with van der Waals surface area (Å²) in [5.41, 5.74) is 1.69. The number of hydrogen-bond acceptors (Lipinski definition) is 4. The number of rotatable bonds is 6. The Morgan fingerprint density at radius 3 is 2.61 bits per heavy atom. The molecule has 1 amide bonds. The largest absolute Gasteiger partial charge is 0.474 e. The molecule has 2 heterocycles. The normalized spacial score (nSPS) is 19.0. The van der Waals surface area contributed by atoms with Crippen molar-refractivity contribution in [1.82, 2.24) is 9.88 Å². The van der Waals surface area contributed by atoms with Gasteiger partial charge in [-0.15, -0.1) is 0 Å². The third kappa shape index (κ3) is 5.67. The topological polar surface area (TPSA) is 54.5 Å². The van der Waals surface area contributed by atoms with Crippen molar-refractivity contribution in [1.29, 1.82) is 0 Å². The number of piperidine rings is 1. The fraction of sp³-hybridized carbons (Fsp3) is 0.280. The van der Waals surface area contributed by atoms with E-state index in [-0.39, 0.29) is 17.8 Å². The molecule has 1 aliphatic heterocycles. The lowest BCUT2D eigenvalue weighted by Crippen LogP contribution is -2.44. The minimum Gasteiger partial charge on any atom is -0.474 e. The van der Waals surface area contributed by atoms with E-state index in [9.17, 15) is 9.18 Å². The molecule has 6 heteroatoms. The minimum absolute atomic E-state index is 0.0718. The van der Waals surface area contributed by atoms with Crippen LogP contribution in [0.4, 0.5) is 10.2 Å². The van der Waals surface area contributed by atoms with Gasteiger partial charge in [-0.3, -0.25) is 9.69 Å². The van der Waals surface area contributed by atoms with E-state index in [4.69, 9.17) is 4.74 Å². The molecule has 3 aromatic rings. The average molecular weight is 420 g/mol. The van der Waals surface area contributed by atoms with Crippen LogP contribution in [0.3, 0.4) is 0 Å². The van der Waals surface area contributed by atoms with Gasteiger partial charge in [-0.25, -0.2) is 4.39 Å². The van der Waals surface area contributed by atoms with E-state index in [0.717, 1.165) is 26.1 Å². The van der Waals surface area contributed by atoms with Crippen molar-refractivity contribution in [2.24, 2.45) is 5.92 Å². The summed E-state index contributed by atoms with van der Waals surface area (Å²) < 4.78 is 19.2. The van der Waals surface area contributed by atoms with Gasteiger partial charge in [0.05, 0.1) is 0 Å². The Hall–Kier alpha value is -3.25. The second-order valence-electron chi connectivity index (χ2n) is 7.97. The number of hydrogen-bond donors (Lipinski definition) is 1. The van der Waals surface area contributed by atoms with Gasteiger partial charge < -0.3 is 10.1 Å². The number of carbonyl (C=O) groups is 1. The summed E-state index contributed by atoms with van der Waals surface area (Å²) in [6, 6.07) is 21.2. The summed E-state index contributed by atoms with van der Waals surface area (Å²) in [5, 5.41) is 2.74. The molecular formula is C25H26FN3O2. The quantitative estimate of drug-likeness (QED) is 0.626. The monoisotopic (exact) mass is 419 g/mol. The molecule has 0 unspecified atom stereocenters. The maximum atomic E-state index is 13.1. The molecule has 5 nitrogen and oxygen atoms in total. The lowest BCUT2D eigenvalue weighted by atomic mass is 9.96. The molecule has 0 bridgehead atoms. The Kier molecular flexibility index (Phi) is 6.57. The number of benzene rings is 2. The molecule has 1 N–H and O–H groups in total. The molecule has 1 aliphatic rings. The summed E-state index contributed by atoms with van der Waals surface area (Å²) in [5.74, 6) is 0.532. The third-order valence-corrected chi connectivity index (χ3v) is 5.50. The molecule has 0 saturated carbocycles. The first-order chi connectivity index (χ1) is 15.1. The smallest absolute Gasteiger partial charge is 0.256 e. The summed E-state index contributed by atoms with van der Waals surface area (Å²) in [4.78, 5) is 19.2. The maximum absolute atomic E-state index is 13.1. The molecule has 1 aromatic heterocycles. The van der Waals surface area contributed by atoms with Gasteiger partial charge in [0.25, 0.3) is 5.91 Å². The van der Waals surface area contributed by atoms with E-state index in [1.54, 1.807) is 18.2 Å². The predicted octanol–water partition coefficient (Wildman–Crippen LogP) is 4.76. The molecule has 0 radical (unpaired) electrons. The average Bonchev–Trinajstić information content (AvgIpc) is 2.77. The van der Waals surface area contributed by atoms with Crippen LogP contribution in [0.2, 0.25) is 0 Å². The first kappa shape index (κ1) is 21.0. The molecule has 0 aliphatic carbocycles. The Morgan fingerprint density at radius 1 is 1.10 bits per heavy atom. The third-order valence-electron chi connectivity index (χ3n) is 5.50. The highest BCUT2D eigenvalue weighted by molar-refractivity contribution is 6.03. The standard InChI is InChI=1S/C25H26FN3O2/c1-18-16-29(17-19-6-3-2-4-7-19)15-14-22(18)31-24-9-5-8-23(27-24)28-25(30)20-10-12-21(26)13-11-20/h2-13,18,22H,14-17H2,1H3,(H,27,28,30)/t18-,22-/m1/s1. The van der Waals surface area contributed by atoms with Crippen molar-refractivity contribution in [2.45, 2.75) is 26.0 Å². The maximum Gasteiger partial charge on any atom is 0.256 e. The van der Waals surface area contributed by atoms with Crippen LogP contribution >= 0.6 is 0 Å². The van der Waals surface area contributed by atoms with Crippen LogP contribution < -0.4 is 10.1 Å². The van der Waals surface area contributed by atoms with Crippen molar-refractivity contribution in [2.75, 3.05) is 18.4 Å². The van der Waals surface area contributed by atoms with Gasteiger partial charge in [0.2, 0.25) is 5.88 Å². The molecule has 4 rings (SSSR count). The van der Waals surface area contributed by atoms with E-state index in [2.05, 4.69) is 46.4 Å². The Balaban J connectivity index is 1.33. The number of ether oxygens (including phenoxy) is 1. The van der Waals surface area contributed by atoms with Gasteiger partial charge in [0.1, 0.15) is 17.7 Å². The van der Waals surface area contributed by atoms with E-state index in [0.29, 0.717) is 23.2 Å². The summed E-state index contributed by atoms with van der Waals surface area (Å²) in [7, 11) is 0. The number of aromatic nitrogens is 1. The second kappa shape index (κ2) is 9.71. The van der Waals surface area contributed by atoms with Gasteiger partial charge in [0.15, 0.2) is 0 Å². The van der Waals surface area contributed by atoms with Crippen molar-refractivity contribution in [3.8, 4) is 5.88 Å². The molecule has 0 spiro atoms. The summed E-state index contributed by atoms with van der Waals surface area (Å²) >= 11 is 0. The van der Waals surface area contributed by atoms with Crippen molar-refractivity contribution >= 4 is 11.7 Å². The Bertz CT molecular complexity index is 1010. The van der Waals surface area contributed by atoms with E-state index in [1.165, 1.54) is 29.8 Å². The number of nitrogens with zero attached hydrogens (tertiary/aromatic N) is 2. The van der Waals surface area contributed by atoms with Crippen molar-refractivity contribution < 1.29 is 13.9 Å². The van der Waals surface area contributed by atoms with Gasteiger partial charge in [-0.2, -0.15) is 4.98 Å². The first-order valence-corrected chi connectivity index (χ1v) is 10.5. The van der Waals surface area contributed by atoms with E-state index >= 15 is 0 Å². The Morgan fingerprint density at radius 2 is 1.87 bits per heavy atom. The highest BCUT2D eigenvalue weighted by Gasteiger charge is 2.28. The van der Waals surface area contributed by atoms with Crippen LogP contribution in [-0.4, -0.2) is 35.0 Å². The number of nitrogens with one attached hydrogen (secondary N) is 1. The van der Waals surface area contributed by atoms with Crippen LogP contribution in [0.5, 0.6) is 5.88 Å². The minimum atomic E-state index is -0.381. The summed E-state index contributed by atoms with van der Waals surface area (Å²) in [6.45, 7) is 5.06. The lowest BCUT2D eigenvalue weighted by molar-refractivity contribution is 0.0462. The molecule has 2 aromatic carbocycles. The van der Waals surface area contributed by atoms with Crippen LogP contribution in [0.15, 0.2) is 72.8 Å². The number of halogens is 1. The second-order valence-corrected chi connectivity index (χ2v) is 7.97. The number of carbonyl (C=O) groups excluding carboxylic acids is 1. The highest BCUT2D eigenvalue weighted by Crippen LogP contribution is 2.24. The number of anilines is 1. The van der Waals surface area contributed by atoms with Gasteiger partial charge >= 0.3 is 0 Å². The van der Waals surface area contributed by atoms with E-state index in [1.807, 2.05) is 6.07 Å². The SMILES string of the molecule is C[C@@H]1CN(Cc2ccccc2)CC[C@H]1Oc1cccc(NC(=O)c2ccc(F)cc2)n1. The van der Waals surface area contributed by atoms with Crippen LogP contribution in [0, 0.1) is 11.7 Å². The predicted molar refractivity (Wildman–Crippen MR) is 119 cm³/mol. The molecule has 1 fully saturated rings. The van der Waals surface area contributed by atoms with Crippen LogP contribution in [-0.2, 0) is 6.54 Å². The molecule has 31 heavy (non-hydrogen) atoms. The number of amides is 1. The van der Waals surface area contributed by atoms with Crippen LogP contribution in [0.25, 0.3) is 0 Å². The van der Waals surface area contributed by atoms with Crippen LogP contribution in [0.1, 0.15) is 29.3 Å². The molecule has 2 atom stereocenters. The zero-order chi connectivity index (χ0) is 21.6. The Labute approximate surface area is 181 Å². The molecule has 1 saturated heterocycles. The first-order valence-electron chi connectivity index (χ1n) is 10.5. The lowest BCUT2D eigenvalue weighted by Gasteiger charge is -2.36. The van der Waals surface area contributed by atoms with Crippen molar-refractivity contribution in [3.05, 3.63) is 89.7 Å². The number of likely N-dealkylation sites (tertiary alicyclic amines) is 1. The van der Waals surface area contributed by atoms with Crippen molar-refractivity contribution in [3.63, 3.8) is 0 Å². The van der Waals surface area contributed by atoms with Gasteiger partial charge in [-0.1, -0.05) is 43.3 Å². The van der Waals surface area contributed by atoms with Gasteiger partial charge in [0, 0.05) is 37.2 Å². The van der Waals surface area contributed by atoms with Gasteiger partial charge in [-0.05, 0) is 42.3 Å². The molecule has 160 valence electrons. The molecular weight excluding hydrogens is 393 g/mol. The summed E-state index contributed by atoms with van der Waals surface area (Å²) in [6.07, 6.45) is 0.990.